The van der Waals surface area contributed by atoms with E-state index in [-0.39, 0.29) is 29.7 Å². The molecule has 0 aliphatic rings. The molecule has 0 bridgehead atoms. The zero-order valence-corrected chi connectivity index (χ0v) is 16.0. The van der Waals surface area contributed by atoms with Gasteiger partial charge in [0.15, 0.2) is 22.8 Å². The Morgan fingerprint density at radius 1 is 1.25 bits per heavy atom. The highest BCUT2D eigenvalue weighted by molar-refractivity contribution is 6.35. The summed E-state index contributed by atoms with van der Waals surface area (Å²) in [5, 5.41) is 3.98. The number of methoxy groups -OCH3 is 1. The topological polar surface area (TPSA) is 60.7 Å². The molecule has 3 rings (SSSR count). The number of alkyl halides is 2. The summed E-state index contributed by atoms with van der Waals surface area (Å²) in [6.07, 6.45) is 0.412. The lowest BCUT2D eigenvalue weighted by atomic mass is 10.1. The first-order valence-electron chi connectivity index (χ1n) is 8.48. The van der Waals surface area contributed by atoms with E-state index in [2.05, 4.69) is 10.1 Å². The normalized spacial score (nSPS) is 11.1. The number of halogens is 3. The smallest absolute Gasteiger partial charge is 0.387 e. The second-order valence-corrected chi connectivity index (χ2v) is 6.45. The number of aryl methyl sites for hydroxylation is 1. The van der Waals surface area contributed by atoms with Crippen LogP contribution in [-0.4, -0.2) is 26.2 Å². The minimum absolute atomic E-state index is 0.0518. The average molecular weight is 410 g/mol. The molecule has 0 unspecified atom stereocenters. The van der Waals surface area contributed by atoms with Gasteiger partial charge in [-0.25, -0.2) is 0 Å². The third-order valence-electron chi connectivity index (χ3n) is 4.27. The minimum atomic E-state index is -2.95. The van der Waals surface area contributed by atoms with Crippen molar-refractivity contribution in [1.82, 2.24) is 5.32 Å². The number of carbonyl (C=O) groups is 1. The molecule has 2 aromatic carbocycles. The first-order chi connectivity index (χ1) is 13.4. The minimum Gasteiger partial charge on any atom is -0.493 e. The number of hydrogen-bond donors (Lipinski definition) is 1. The van der Waals surface area contributed by atoms with Crippen molar-refractivity contribution in [3.63, 3.8) is 0 Å². The van der Waals surface area contributed by atoms with Gasteiger partial charge in [-0.15, -0.1) is 0 Å². The molecule has 0 atom stereocenters. The van der Waals surface area contributed by atoms with Crippen molar-refractivity contribution in [1.29, 1.82) is 0 Å². The summed E-state index contributed by atoms with van der Waals surface area (Å²) in [5.41, 5.74) is 1.88. The van der Waals surface area contributed by atoms with Crippen LogP contribution in [0.2, 0.25) is 5.02 Å². The Hall–Kier alpha value is -2.80. The third-order valence-corrected chi connectivity index (χ3v) is 4.56. The van der Waals surface area contributed by atoms with Crippen molar-refractivity contribution in [3.05, 3.63) is 58.3 Å². The van der Waals surface area contributed by atoms with Crippen molar-refractivity contribution >= 4 is 28.5 Å². The van der Waals surface area contributed by atoms with E-state index >= 15 is 0 Å². The third kappa shape index (κ3) is 4.20. The van der Waals surface area contributed by atoms with Crippen molar-refractivity contribution < 1.29 is 27.5 Å². The molecule has 0 aliphatic carbocycles. The number of amides is 1. The molecule has 0 fully saturated rings. The highest BCUT2D eigenvalue weighted by Crippen LogP contribution is 2.31. The zero-order valence-electron chi connectivity index (χ0n) is 15.2. The maximum atomic E-state index is 12.5. The largest absolute Gasteiger partial charge is 0.493 e. The Morgan fingerprint density at radius 3 is 2.71 bits per heavy atom. The monoisotopic (exact) mass is 409 g/mol. The Bertz CT molecular complexity index is 1000. The van der Waals surface area contributed by atoms with Crippen LogP contribution in [0.1, 0.15) is 21.7 Å². The van der Waals surface area contributed by atoms with E-state index in [1.807, 2.05) is 6.07 Å². The summed E-state index contributed by atoms with van der Waals surface area (Å²) in [6, 6.07) is 10.0. The maximum absolute atomic E-state index is 12.5. The van der Waals surface area contributed by atoms with E-state index in [1.165, 1.54) is 13.2 Å². The van der Waals surface area contributed by atoms with Gasteiger partial charge < -0.3 is 19.2 Å². The summed E-state index contributed by atoms with van der Waals surface area (Å²) in [7, 11) is 1.37. The predicted octanol–water partition coefficient (Wildman–Crippen LogP) is 4.98. The molecule has 0 saturated carbocycles. The van der Waals surface area contributed by atoms with Gasteiger partial charge in [0.1, 0.15) is 0 Å². The van der Waals surface area contributed by atoms with Crippen LogP contribution in [0, 0.1) is 6.92 Å². The lowest BCUT2D eigenvalue weighted by Crippen LogP contribution is -2.25. The molecule has 0 spiro atoms. The molecule has 1 amide bonds. The molecule has 148 valence electrons. The summed E-state index contributed by atoms with van der Waals surface area (Å²) in [5.74, 6) is -0.0196. The van der Waals surface area contributed by atoms with E-state index in [1.54, 1.807) is 31.2 Å². The lowest BCUT2D eigenvalue weighted by molar-refractivity contribution is -0.0512. The lowest BCUT2D eigenvalue weighted by Gasteiger charge is -2.11. The molecule has 1 heterocycles. The fraction of sp³-hybridized carbons (Fsp3) is 0.250. The van der Waals surface area contributed by atoms with Gasteiger partial charge in [0.05, 0.1) is 12.1 Å². The quantitative estimate of drug-likeness (QED) is 0.598. The Morgan fingerprint density at radius 2 is 2.04 bits per heavy atom. The summed E-state index contributed by atoms with van der Waals surface area (Å²) in [6.45, 7) is -0.885. The molecule has 8 heteroatoms. The standard InChI is InChI=1S/C20H18ClF2NO4/c1-11-13-4-3-5-14(21)18(13)28-17(11)19(25)24-9-8-12-6-7-15(26-2)16(10-12)27-20(22)23/h3-7,10,20H,8-9H2,1-2H3,(H,24,25). The van der Waals surface area contributed by atoms with Gasteiger partial charge in [-0.05, 0) is 37.1 Å². The fourth-order valence-corrected chi connectivity index (χ4v) is 3.10. The number of furan rings is 1. The molecular weight excluding hydrogens is 392 g/mol. The molecule has 0 aliphatic heterocycles. The van der Waals surface area contributed by atoms with E-state index in [0.717, 1.165) is 5.39 Å². The predicted molar refractivity (Wildman–Crippen MR) is 102 cm³/mol. The molecular formula is C20H18ClF2NO4. The van der Waals surface area contributed by atoms with Crippen molar-refractivity contribution in [3.8, 4) is 11.5 Å². The van der Waals surface area contributed by atoms with E-state index in [0.29, 0.717) is 28.2 Å². The van der Waals surface area contributed by atoms with Crippen LogP contribution in [0.25, 0.3) is 11.0 Å². The van der Waals surface area contributed by atoms with Crippen LogP contribution in [-0.2, 0) is 6.42 Å². The number of fused-ring (bicyclic) bond motifs is 1. The van der Waals surface area contributed by atoms with Gasteiger partial charge >= 0.3 is 6.61 Å². The van der Waals surface area contributed by atoms with Gasteiger partial charge in [0.2, 0.25) is 0 Å². The van der Waals surface area contributed by atoms with E-state index < -0.39 is 6.61 Å². The number of rotatable bonds is 7. The molecule has 0 radical (unpaired) electrons. The van der Waals surface area contributed by atoms with Crippen molar-refractivity contribution in [2.75, 3.05) is 13.7 Å². The van der Waals surface area contributed by atoms with Gasteiger partial charge in [-0.2, -0.15) is 8.78 Å². The number of benzene rings is 2. The molecule has 1 N–H and O–H groups in total. The highest BCUT2D eigenvalue weighted by atomic mass is 35.5. The number of para-hydroxylation sites is 1. The Balaban J connectivity index is 1.67. The number of hydrogen-bond acceptors (Lipinski definition) is 4. The first-order valence-corrected chi connectivity index (χ1v) is 8.86. The van der Waals surface area contributed by atoms with Crippen molar-refractivity contribution in [2.45, 2.75) is 20.0 Å². The van der Waals surface area contributed by atoms with Gasteiger partial charge in [0, 0.05) is 17.5 Å². The molecule has 0 saturated heterocycles. The van der Waals surface area contributed by atoms with Crippen LogP contribution < -0.4 is 14.8 Å². The molecule has 3 aromatic rings. The van der Waals surface area contributed by atoms with Crippen LogP contribution in [0.3, 0.4) is 0 Å². The average Bonchev–Trinajstić information content (AvgIpc) is 3.00. The van der Waals surface area contributed by atoms with Crippen LogP contribution in [0.4, 0.5) is 8.78 Å². The zero-order chi connectivity index (χ0) is 20.3. The van der Waals surface area contributed by atoms with Gasteiger partial charge in [-0.1, -0.05) is 29.8 Å². The summed E-state index contributed by atoms with van der Waals surface area (Å²) < 4.78 is 40.1. The van der Waals surface area contributed by atoms with Gasteiger partial charge in [-0.3, -0.25) is 4.79 Å². The maximum Gasteiger partial charge on any atom is 0.387 e. The van der Waals surface area contributed by atoms with E-state index in [4.69, 9.17) is 20.8 Å². The second-order valence-electron chi connectivity index (χ2n) is 6.04. The van der Waals surface area contributed by atoms with Crippen LogP contribution in [0.15, 0.2) is 40.8 Å². The van der Waals surface area contributed by atoms with Crippen LogP contribution >= 0.6 is 11.6 Å². The van der Waals surface area contributed by atoms with Gasteiger partial charge in [0.25, 0.3) is 5.91 Å². The summed E-state index contributed by atoms with van der Waals surface area (Å²) in [4.78, 5) is 12.5. The number of ether oxygens (including phenoxy) is 2. The van der Waals surface area contributed by atoms with Crippen molar-refractivity contribution in [2.24, 2.45) is 0 Å². The molecule has 28 heavy (non-hydrogen) atoms. The first kappa shape index (κ1) is 19.9. The molecule has 5 nitrogen and oxygen atoms in total. The Labute approximate surface area is 165 Å². The van der Waals surface area contributed by atoms with Crippen LogP contribution in [0.5, 0.6) is 11.5 Å². The number of carbonyl (C=O) groups excluding carboxylic acids is 1. The highest BCUT2D eigenvalue weighted by Gasteiger charge is 2.19. The summed E-state index contributed by atoms with van der Waals surface area (Å²) >= 11 is 6.11. The SMILES string of the molecule is COc1ccc(CCNC(=O)c2oc3c(Cl)cccc3c2C)cc1OC(F)F. The number of nitrogens with one attached hydrogen (secondary N) is 1. The molecule has 1 aromatic heterocycles. The fourth-order valence-electron chi connectivity index (χ4n) is 2.89. The second kappa shape index (κ2) is 8.48. The van der Waals surface area contributed by atoms with E-state index in [9.17, 15) is 13.6 Å². The Kier molecular flexibility index (Phi) is 6.04.